The normalized spacial score (nSPS) is 11.0. The van der Waals surface area contributed by atoms with Gasteiger partial charge in [-0.15, -0.1) is 0 Å². The molecule has 27 heavy (non-hydrogen) atoms. The van der Waals surface area contributed by atoms with Crippen LogP contribution in [0.2, 0.25) is 0 Å². The molecule has 6 heteroatoms. The van der Waals surface area contributed by atoms with E-state index in [2.05, 4.69) is 38.4 Å². The van der Waals surface area contributed by atoms with Gasteiger partial charge in [0, 0.05) is 10.0 Å². The van der Waals surface area contributed by atoms with Crippen molar-refractivity contribution in [3.05, 3.63) is 70.2 Å². The lowest BCUT2D eigenvalue weighted by Crippen LogP contribution is -2.47. The minimum absolute atomic E-state index is 0.230. The van der Waals surface area contributed by atoms with Gasteiger partial charge in [0.15, 0.2) is 0 Å². The van der Waals surface area contributed by atoms with Crippen LogP contribution >= 0.6 is 27.7 Å². The second-order valence-electron chi connectivity index (χ2n) is 5.67. The van der Waals surface area contributed by atoms with E-state index in [1.165, 1.54) is 0 Å². The van der Waals surface area contributed by atoms with Crippen molar-refractivity contribution in [3.8, 4) is 11.8 Å². The molecule has 1 unspecified atom stereocenters. The molecule has 2 rings (SSSR count). The van der Waals surface area contributed by atoms with Crippen molar-refractivity contribution in [2.45, 2.75) is 12.5 Å². The van der Waals surface area contributed by atoms with Crippen LogP contribution in [0, 0.1) is 11.8 Å². The molecule has 0 fully saturated rings. The van der Waals surface area contributed by atoms with Gasteiger partial charge in [0.25, 0.3) is 5.91 Å². The summed E-state index contributed by atoms with van der Waals surface area (Å²) in [5, 5.41) is 5.61. The summed E-state index contributed by atoms with van der Waals surface area (Å²) < 4.78 is 0.695. The molecule has 0 radical (unpaired) electrons. The van der Waals surface area contributed by atoms with E-state index >= 15 is 0 Å². The zero-order chi connectivity index (χ0) is 19.5. The monoisotopic (exact) mass is 444 g/mol. The number of hydrogen-bond donors (Lipinski definition) is 2. The number of nitrogens with one attached hydrogen (secondary N) is 2. The molecule has 1 atom stereocenters. The first kappa shape index (κ1) is 21.1. The van der Waals surface area contributed by atoms with E-state index in [0.717, 1.165) is 11.3 Å². The van der Waals surface area contributed by atoms with Gasteiger partial charge in [-0.1, -0.05) is 42.2 Å². The summed E-state index contributed by atoms with van der Waals surface area (Å²) in [7, 11) is 0. The Hall–Kier alpha value is -2.23. The summed E-state index contributed by atoms with van der Waals surface area (Å²) in [5.74, 6) is 6.18. The van der Waals surface area contributed by atoms with E-state index in [1.807, 2.05) is 42.7 Å². The summed E-state index contributed by atoms with van der Waals surface area (Å²) in [6.07, 6.45) is 2.52. The molecule has 0 aliphatic carbocycles. The Labute approximate surface area is 172 Å². The number of hydrogen-bond acceptors (Lipinski definition) is 3. The molecule has 2 N–H and O–H groups in total. The molecular weight excluding hydrogens is 424 g/mol. The Bertz CT molecular complexity index is 831. The van der Waals surface area contributed by atoms with Crippen LogP contribution in [-0.4, -0.2) is 36.4 Å². The van der Waals surface area contributed by atoms with E-state index < -0.39 is 6.04 Å². The third kappa shape index (κ3) is 7.12. The maximum atomic E-state index is 12.5. The maximum Gasteiger partial charge on any atom is 0.253 e. The molecule has 0 heterocycles. The highest BCUT2D eigenvalue weighted by molar-refractivity contribution is 9.10. The molecule has 0 aliphatic heterocycles. The van der Waals surface area contributed by atoms with Gasteiger partial charge in [-0.25, -0.2) is 0 Å². The standard InChI is InChI=1S/C21H21BrN2O2S/c1-27-15-13-19(24-20(25)17-11-5-6-12-18(17)22)21(26)23-14-7-10-16-8-3-2-4-9-16/h2-6,8-9,11-12,19H,13-15H2,1H3,(H,23,26)(H,24,25). The fourth-order valence-corrected chi connectivity index (χ4v) is 3.24. The number of benzene rings is 2. The second kappa shape index (κ2) is 11.5. The van der Waals surface area contributed by atoms with Crippen LogP contribution in [0.3, 0.4) is 0 Å². The van der Waals surface area contributed by atoms with Crippen molar-refractivity contribution in [2.75, 3.05) is 18.6 Å². The highest BCUT2D eigenvalue weighted by atomic mass is 79.9. The first-order chi connectivity index (χ1) is 13.1. The lowest BCUT2D eigenvalue weighted by Gasteiger charge is -2.18. The number of thioether (sulfide) groups is 1. The predicted octanol–water partition coefficient (Wildman–Crippen LogP) is 3.47. The van der Waals surface area contributed by atoms with Crippen LogP contribution in [0.25, 0.3) is 0 Å². The summed E-state index contributed by atoms with van der Waals surface area (Å²) in [4.78, 5) is 25.0. The van der Waals surface area contributed by atoms with Gasteiger partial charge < -0.3 is 10.6 Å². The maximum absolute atomic E-state index is 12.5. The molecule has 140 valence electrons. The Balaban J connectivity index is 1.96. The van der Waals surface area contributed by atoms with E-state index in [0.29, 0.717) is 16.5 Å². The van der Waals surface area contributed by atoms with Crippen LogP contribution in [0.15, 0.2) is 59.1 Å². The van der Waals surface area contributed by atoms with Gasteiger partial charge >= 0.3 is 0 Å². The van der Waals surface area contributed by atoms with E-state index in [4.69, 9.17) is 0 Å². The average molecular weight is 445 g/mol. The molecule has 2 aromatic rings. The third-order valence-electron chi connectivity index (χ3n) is 3.71. The quantitative estimate of drug-likeness (QED) is 0.642. The van der Waals surface area contributed by atoms with E-state index in [-0.39, 0.29) is 18.4 Å². The van der Waals surface area contributed by atoms with Gasteiger partial charge in [-0.3, -0.25) is 9.59 Å². The van der Waals surface area contributed by atoms with Crippen molar-refractivity contribution < 1.29 is 9.59 Å². The lowest BCUT2D eigenvalue weighted by molar-refractivity contribution is -0.122. The van der Waals surface area contributed by atoms with Crippen molar-refractivity contribution in [3.63, 3.8) is 0 Å². The fourth-order valence-electron chi connectivity index (χ4n) is 2.31. The molecule has 2 aromatic carbocycles. The van der Waals surface area contributed by atoms with Crippen LogP contribution in [0.5, 0.6) is 0 Å². The molecule has 0 spiro atoms. The highest BCUT2D eigenvalue weighted by Crippen LogP contribution is 2.16. The van der Waals surface area contributed by atoms with Crippen molar-refractivity contribution >= 4 is 39.5 Å². The molecule has 0 aliphatic rings. The highest BCUT2D eigenvalue weighted by Gasteiger charge is 2.21. The Morgan fingerprint density at radius 1 is 1.11 bits per heavy atom. The van der Waals surface area contributed by atoms with Crippen LogP contribution in [-0.2, 0) is 4.79 Å². The molecule has 0 saturated carbocycles. The lowest BCUT2D eigenvalue weighted by atomic mass is 10.1. The predicted molar refractivity (Wildman–Crippen MR) is 115 cm³/mol. The number of amides is 2. The minimum Gasteiger partial charge on any atom is -0.343 e. The number of carbonyl (C=O) groups is 2. The first-order valence-corrected chi connectivity index (χ1v) is 10.7. The summed E-state index contributed by atoms with van der Waals surface area (Å²) in [6.45, 7) is 0.231. The minimum atomic E-state index is -0.601. The van der Waals surface area contributed by atoms with Gasteiger partial charge in [0.05, 0.1) is 12.1 Å². The second-order valence-corrected chi connectivity index (χ2v) is 7.51. The average Bonchev–Trinajstić information content (AvgIpc) is 2.69. The molecular formula is C21H21BrN2O2S. The van der Waals surface area contributed by atoms with Crippen LogP contribution in [0.4, 0.5) is 0 Å². The molecule has 2 amide bonds. The van der Waals surface area contributed by atoms with Crippen molar-refractivity contribution in [1.29, 1.82) is 0 Å². The number of rotatable bonds is 7. The fraction of sp³-hybridized carbons (Fsp3) is 0.238. The summed E-state index contributed by atoms with van der Waals surface area (Å²) >= 11 is 5.00. The van der Waals surface area contributed by atoms with Gasteiger partial charge in [0.2, 0.25) is 5.91 Å². The topological polar surface area (TPSA) is 58.2 Å². The van der Waals surface area contributed by atoms with Crippen LogP contribution in [0.1, 0.15) is 22.3 Å². The third-order valence-corrected chi connectivity index (χ3v) is 5.04. The smallest absolute Gasteiger partial charge is 0.253 e. The van der Waals surface area contributed by atoms with E-state index in [9.17, 15) is 9.59 Å². The zero-order valence-electron chi connectivity index (χ0n) is 15.0. The Morgan fingerprint density at radius 3 is 2.52 bits per heavy atom. The molecule has 0 bridgehead atoms. The van der Waals surface area contributed by atoms with E-state index in [1.54, 1.807) is 30.0 Å². The summed E-state index contributed by atoms with van der Waals surface area (Å²) in [6, 6.07) is 16.1. The van der Waals surface area contributed by atoms with Crippen molar-refractivity contribution in [1.82, 2.24) is 10.6 Å². The van der Waals surface area contributed by atoms with Gasteiger partial charge in [-0.05, 0) is 58.6 Å². The molecule has 0 aromatic heterocycles. The first-order valence-electron chi connectivity index (χ1n) is 8.47. The Morgan fingerprint density at radius 2 is 1.81 bits per heavy atom. The SMILES string of the molecule is CSCCC(NC(=O)c1ccccc1Br)C(=O)NCC#Cc1ccccc1. The molecule has 0 saturated heterocycles. The number of carbonyl (C=O) groups excluding carboxylic acids is 2. The molecule has 4 nitrogen and oxygen atoms in total. The summed E-state index contributed by atoms with van der Waals surface area (Å²) in [5.41, 5.74) is 1.40. The van der Waals surface area contributed by atoms with Crippen molar-refractivity contribution in [2.24, 2.45) is 0 Å². The van der Waals surface area contributed by atoms with Gasteiger partial charge in [-0.2, -0.15) is 11.8 Å². The zero-order valence-corrected chi connectivity index (χ0v) is 17.4. The van der Waals surface area contributed by atoms with Crippen LogP contribution < -0.4 is 10.6 Å². The Kier molecular flexibility index (Phi) is 8.96. The number of halogens is 1. The van der Waals surface area contributed by atoms with Gasteiger partial charge in [0.1, 0.15) is 6.04 Å². The largest absolute Gasteiger partial charge is 0.343 e.